The Labute approximate surface area is 116 Å². The van der Waals surface area contributed by atoms with Crippen LogP contribution in [0, 0.1) is 0 Å². The third-order valence-corrected chi connectivity index (χ3v) is 4.22. The number of H-pyrrole nitrogens is 1. The maximum atomic E-state index is 3.51. The SMILES string of the molecule is CCN1CC=C(c2c[nH]c3cc(Br)ccc23)CC1. The first-order valence-corrected chi connectivity index (χ1v) is 7.25. The van der Waals surface area contributed by atoms with E-state index in [0.29, 0.717) is 0 Å². The smallest absolute Gasteiger partial charge is 0.0471 e. The number of hydrogen-bond donors (Lipinski definition) is 1. The van der Waals surface area contributed by atoms with Crippen LogP contribution in [0.2, 0.25) is 0 Å². The van der Waals surface area contributed by atoms with Gasteiger partial charge in [0.05, 0.1) is 0 Å². The van der Waals surface area contributed by atoms with Gasteiger partial charge in [-0.15, -0.1) is 0 Å². The molecule has 1 N–H and O–H groups in total. The molecule has 0 aliphatic carbocycles. The lowest BCUT2D eigenvalue weighted by molar-refractivity contribution is 0.319. The van der Waals surface area contributed by atoms with Gasteiger partial charge in [0.15, 0.2) is 0 Å². The average molecular weight is 305 g/mol. The first-order valence-electron chi connectivity index (χ1n) is 6.46. The minimum atomic E-state index is 1.08. The number of fused-ring (bicyclic) bond motifs is 1. The molecule has 0 radical (unpaired) electrons. The molecule has 1 aliphatic rings. The van der Waals surface area contributed by atoms with Gasteiger partial charge < -0.3 is 4.98 Å². The molecule has 1 aromatic carbocycles. The number of aromatic amines is 1. The van der Waals surface area contributed by atoms with Gasteiger partial charge in [0.2, 0.25) is 0 Å². The predicted molar refractivity (Wildman–Crippen MR) is 80.7 cm³/mol. The standard InChI is InChI=1S/C15H17BrN2/c1-2-18-7-5-11(6-8-18)14-10-17-15-9-12(16)3-4-13(14)15/h3-5,9-10,17H,2,6-8H2,1H3. The van der Waals surface area contributed by atoms with E-state index in [1.807, 2.05) is 0 Å². The molecule has 1 aromatic heterocycles. The van der Waals surface area contributed by atoms with Crippen molar-refractivity contribution in [3.63, 3.8) is 0 Å². The van der Waals surface area contributed by atoms with Crippen molar-refractivity contribution in [1.29, 1.82) is 0 Å². The number of benzene rings is 1. The molecule has 0 fully saturated rings. The fourth-order valence-electron chi connectivity index (χ4n) is 2.61. The summed E-state index contributed by atoms with van der Waals surface area (Å²) in [6, 6.07) is 6.44. The number of nitrogens with zero attached hydrogens (tertiary/aromatic N) is 1. The summed E-state index contributed by atoms with van der Waals surface area (Å²) in [5.41, 5.74) is 4.06. The lowest BCUT2D eigenvalue weighted by Gasteiger charge is -2.24. The van der Waals surface area contributed by atoms with Crippen molar-refractivity contribution in [2.75, 3.05) is 19.6 Å². The van der Waals surface area contributed by atoms with E-state index in [0.717, 1.165) is 24.0 Å². The van der Waals surface area contributed by atoms with Gasteiger partial charge in [-0.25, -0.2) is 0 Å². The molecule has 3 heteroatoms. The van der Waals surface area contributed by atoms with Crippen LogP contribution in [0.3, 0.4) is 0 Å². The topological polar surface area (TPSA) is 19.0 Å². The van der Waals surface area contributed by atoms with Crippen LogP contribution in [0.1, 0.15) is 18.9 Å². The van der Waals surface area contributed by atoms with E-state index < -0.39 is 0 Å². The maximum absolute atomic E-state index is 3.51. The molecule has 3 rings (SSSR count). The second-order valence-electron chi connectivity index (χ2n) is 4.76. The van der Waals surface area contributed by atoms with Crippen LogP contribution >= 0.6 is 15.9 Å². The molecule has 0 saturated carbocycles. The largest absolute Gasteiger partial charge is 0.361 e. The van der Waals surface area contributed by atoms with E-state index in [-0.39, 0.29) is 0 Å². The Hall–Kier alpha value is -1.06. The summed E-state index contributed by atoms with van der Waals surface area (Å²) in [7, 11) is 0. The Bertz CT molecular complexity index is 598. The highest BCUT2D eigenvalue weighted by Gasteiger charge is 2.14. The summed E-state index contributed by atoms with van der Waals surface area (Å²) in [6.07, 6.45) is 5.67. The monoisotopic (exact) mass is 304 g/mol. The summed E-state index contributed by atoms with van der Waals surface area (Å²) in [4.78, 5) is 5.83. The van der Waals surface area contributed by atoms with E-state index in [1.54, 1.807) is 0 Å². The molecule has 1 aliphatic heterocycles. The van der Waals surface area contributed by atoms with Crippen molar-refractivity contribution < 1.29 is 0 Å². The number of halogens is 1. The lowest BCUT2D eigenvalue weighted by Crippen LogP contribution is -2.27. The second-order valence-corrected chi connectivity index (χ2v) is 5.68. The fraction of sp³-hybridized carbons (Fsp3) is 0.333. The van der Waals surface area contributed by atoms with Crippen molar-refractivity contribution in [3.8, 4) is 0 Å². The van der Waals surface area contributed by atoms with E-state index >= 15 is 0 Å². The maximum Gasteiger partial charge on any atom is 0.0471 e. The predicted octanol–water partition coefficient (Wildman–Crippen LogP) is 4.04. The van der Waals surface area contributed by atoms with Crippen LogP contribution in [0.25, 0.3) is 16.5 Å². The van der Waals surface area contributed by atoms with Crippen LogP contribution < -0.4 is 0 Å². The second kappa shape index (κ2) is 4.90. The zero-order chi connectivity index (χ0) is 12.5. The molecule has 0 bridgehead atoms. The molecule has 2 nitrogen and oxygen atoms in total. The summed E-state index contributed by atoms with van der Waals surface area (Å²) < 4.78 is 1.12. The van der Waals surface area contributed by atoms with Gasteiger partial charge in [-0.2, -0.15) is 0 Å². The average Bonchev–Trinajstić information content (AvgIpc) is 2.81. The Kier molecular flexibility index (Phi) is 3.27. The number of hydrogen-bond acceptors (Lipinski definition) is 1. The summed E-state index contributed by atoms with van der Waals surface area (Å²) in [6.45, 7) is 5.62. The molecule has 0 amide bonds. The van der Waals surface area contributed by atoms with Crippen molar-refractivity contribution in [2.45, 2.75) is 13.3 Å². The molecule has 0 saturated heterocycles. The third-order valence-electron chi connectivity index (χ3n) is 3.73. The van der Waals surface area contributed by atoms with E-state index in [1.165, 1.54) is 28.6 Å². The van der Waals surface area contributed by atoms with Gasteiger partial charge in [0.1, 0.15) is 0 Å². The molecule has 2 heterocycles. The van der Waals surface area contributed by atoms with Crippen LogP contribution in [-0.4, -0.2) is 29.5 Å². The summed E-state index contributed by atoms with van der Waals surface area (Å²) in [5, 5.41) is 1.33. The minimum Gasteiger partial charge on any atom is -0.361 e. The molecule has 18 heavy (non-hydrogen) atoms. The normalized spacial score (nSPS) is 17.1. The van der Waals surface area contributed by atoms with E-state index in [2.05, 4.69) is 63.2 Å². The highest BCUT2D eigenvalue weighted by molar-refractivity contribution is 9.10. The number of aromatic nitrogens is 1. The first-order chi connectivity index (χ1) is 8.78. The number of rotatable bonds is 2. The highest BCUT2D eigenvalue weighted by Crippen LogP contribution is 2.30. The van der Waals surface area contributed by atoms with Gasteiger partial charge in [-0.05, 0) is 30.7 Å². The van der Waals surface area contributed by atoms with Crippen molar-refractivity contribution >= 4 is 32.4 Å². The van der Waals surface area contributed by atoms with Crippen LogP contribution in [0.5, 0.6) is 0 Å². The number of likely N-dealkylation sites (N-methyl/N-ethyl adjacent to an activating group) is 1. The Morgan fingerprint density at radius 3 is 3.00 bits per heavy atom. The van der Waals surface area contributed by atoms with Crippen molar-refractivity contribution in [1.82, 2.24) is 9.88 Å². The molecular formula is C15H17BrN2. The van der Waals surface area contributed by atoms with Crippen LogP contribution in [0.4, 0.5) is 0 Å². The Balaban J connectivity index is 1.98. The van der Waals surface area contributed by atoms with Crippen molar-refractivity contribution in [3.05, 3.63) is 40.5 Å². The quantitative estimate of drug-likeness (QED) is 0.887. The zero-order valence-corrected chi connectivity index (χ0v) is 12.1. The van der Waals surface area contributed by atoms with Gasteiger partial charge >= 0.3 is 0 Å². The van der Waals surface area contributed by atoms with Gasteiger partial charge in [-0.3, -0.25) is 4.90 Å². The summed E-state index contributed by atoms with van der Waals surface area (Å²) >= 11 is 3.51. The van der Waals surface area contributed by atoms with Gasteiger partial charge in [0.25, 0.3) is 0 Å². The first kappa shape index (κ1) is 12.0. The molecule has 0 atom stereocenters. The van der Waals surface area contributed by atoms with Crippen LogP contribution in [0.15, 0.2) is 34.9 Å². The lowest BCUT2D eigenvalue weighted by atomic mass is 9.99. The minimum absolute atomic E-state index is 1.08. The van der Waals surface area contributed by atoms with E-state index in [4.69, 9.17) is 0 Å². The fourth-order valence-corrected chi connectivity index (χ4v) is 2.97. The molecule has 2 aromatic rings. The van der Waals surface area contributed by atoms with Gasteiger partial charge in [0, 0.05) is 40.2 Å². The van der Waals surface area contributed by atoms with Gasteiger partial charge in [-0.1, -0.05) is 35.0 Å². The summed E-state index contributed by atoms with van der Waals surface area (Å²) in [5.74, 6) is 0. The van der Waals surface area contributed by atoms with E-state index in [9.17, 15) is 0 Å². The highest BCUT2D eigenvalue weighted by atomic mass is 79.9. The molecule has 0 unspecified atom stereocenters. The Morgan fingerprint density at radius 1 is 1.39 bits per heavy atom. The third kappa shape index (κ3) is 2.13. The molecular weight excluding hydrogens is 288 g/mol. The molecule has 0 spiro atoms. The Morgan fingerprint density at radius 2 is 2.28 bits per heavy atom. The molecule has 94 valence electrons. The number of nitrogens with one attached hydrogen (secondary N) is 1. The van der Waals surface area contributed by atoms with Crippen LogP contribution in [-0.2, 0) is 0 Å². The zero-order valence-electron chi connectivity index (χ0n) is 10.5. The van der Waals surface area contributed by atoms with Crippen molar-refractivity contribution in [2.24, 2.45) is 0 Å².